The molecule has 154 valence electrons. The van der Waals surface area contributed by atoms with E-state index in [1.54, 1.807) is 29.4 Å². The van der Waals surface area contributed by atoms with Gasteiger partial charge in [-0.2, -0.15) is 15.2 Å². The molecule has 3 heterocycles. The first-order valence-electron chi connectivity index (χ1n) is 9.42. The number of rotatable bonds is 2. The standard InChI is InChI=1S/C19H23ClN6O3/c1-12-11-24(18(27)29-19(2,3)4)7-8-25(12)17-23-14-9-13(20)10-15(16(14)28-17)26-21-5-6-22-26/h5-6,9-10,12H,7-8,11H2,1-4H3. The minimum Gasteiger partial charge on any atom is -0.444 e. The first kappa shape index (κ1) is 19.5. The predicted molar refractivity (Wildman–Crippen MR) is 109 cm³/mol. The molecular weight excluding hydrogens is 396 g/mol. The van der Waals surface area contributed by atoms with Gasteiger partial charge >= 0.3 is 6.09 Å². The topological polar surface area (TPSA) is 89.5 Å². The largest absolute Gasteiger partial charge is 0.444 e. The van der Waals surface area contributed by atoms with E-state index in [0.29, 0.717) is 47.5 Å². The molecule has 1 amide bonds. The third kappa shape index (κ3) is 4.00. The number of hydrogen-bond donors (Lipinski definition) is 0. The van der Waals surface area contributed by atoms with Crippen LogP contribution in [-0.2, 0) is 4.74 Å². The maximum absolute atomic E-state index is 12.4. The van der Waals surface area contributed by atoms with Crippen LogP contribution in [0.1, 0.15) is 27.7 Å². The van der Waals surface area contributed by atoms with E-state index in [0.717, 1.165) is 0 Å². The van der Waals surface area contributed by atoms with Crippen LogP contribution in [0, 0.1) is 0 Å². The second kappa shape index (κ2) is 7.22. The quantitative estimate of drug-likeness (QED) is 0.629. The number of anilines is 1. The number of nitrogens with zero attached hydrogens (tertiary/aromatic N) is 6. The van der Waals surface area contributed by atoms with Crippen LogP contribution in [0.4, 0.5) is 10.8 Å². The second-order valence-corrected chi connectivity index (χ2v) is 8.49. The van der Waals surface area contributed by atoms with Gasteiger partial charge in [-0.1, -0.05) is 11.6 Å². The van der Waals surface area contributed by atoms with Crippen LogP contribution in [0.5, 0.6) is 0 Å². The van der Waals surface area contributed by atoms with Gasteiger partial charge < -0.3 is 19.0 Å². The highest BCUT2D eigenvalue weighted by molar-refractivity contribution is 6.31. The summed E-state index contributed by atoms with van der Waals surface area (Å²) in [7, 11) is 0. The highest BCUT2D eigenvalue weighted by Gasteiger charge is 2.32. The summed E-state index contributed by atoms with van der Waals surface area (Å²) in [6, 6.07) is 3.97. The molecule has 4 rings (SSSR count). The highest BCUT2D eigenvalue weighted by atomic mass is 35.5. The van der Waals surface area contributed by atoms with Crippen molar-refractivity contribution in [3.05, 3.63) is 29.5 Å². The summed E-state index contributed by atoms with van der Waals surface area (Å²) in [4.78, 5) is 22.2. The number of benzene rings is 1. The van der Waals surface area contributed by atoms with E-state index in [-0.39, 0.29) is 12.1 Å². The summed E-state index contributed by atoms with van der Waals surface area (Å²) in [5.74, 6) is 0. The number of fused-ring (bicyclic) bond motifs is 1. The van der Waals surface area contributed by atoms with Crippen molar-refractivity contribution in [1.82, 2.24) is 24.9 Å². The van der Waals surface area contributed by atoms with Crippen molar-refractivity contribution < 1.29 is 13.9 Å². The summed E-state index contributed by atoms with van der Waals surface area (Å²) in [5, 5.41) is 8.84. The summed E-state index contributed by atoms with van der Waals surface area (Å²) in [6.45, 7) is 9.22. The lowest BCUT2D eigenvalue weighted by molar-refractivity contribution is 0.0216. The van der Waals surface area contributed by atoms with Gasteiger partial charge in [-0.05, 0) is 39.8 Å². The van der Waals surface area contributed by atoms with Crippen molar-refractivity contribution in [3.8, 4) is 5.69 Å². The van der Waals surface area contributed by atoms with E-state index in [9.17, 15) is 4.79 Å². The Hall–Kier alpha value is -2.81. The number of oxazole rings is 1. The lowest BCUT2D eigenvalue weighted by Gasteiger charge is -2.39. The first-order chi connectivity index (χ1) is 13.7. The fourth-order valence-electron chi connectivity index (χ4n) is 3.32. The van der Waals surface area contributed by atoms with Gasteiger partial charge in [0.05, 0.1) is 12.4 Å². The third-order valence-electron chi connectivity index (χ3n) is 4.58. The maximum atomic E-state index is 12.4. The van der Waals surface area contributed by atoms with Gasteiger partial charge in [-0.25, -0.2) is 4.79 Å². The normalized spacial score (nSPS) is 17.8. The SMILES string of the molecule is CC1CN(C(=O)OC(C)(C)C)CCN1c1nc2cc(Cl)cc(-n3nccn3)c2o1. The lowest BCUT2D eigenvalue weighted by atomic mass is 10.2. The van der Waals surface area contributed by atoms with E-state index < -0.39 is 5.60 Å². The van der Waals surface area contributed by atoms with Crippen LogP contribution in [0.2, 0.25) is 5.02 Å². The third-order valence-corrected chi connectivity index (χ3v) is 4.80. The molecule has 0 spiro atoms. The van der Waals surface area contributed by atoms with Gasteiger partial charge in [0, 0.05) is 30.7 Å². The average Bonchev–Trinajstić information content (AvgIpc) is 3.29. The summed E-state index contributed by atoms with van der Waals surface area (Å²) in [6.07, 6.45) is 2.87. The second-order valence-electron chi connectivity index (χ2n) is 8.06. The minimum atomic E-state index is -0.520. The first-order valence-corrected chi connectivity index (χ1v) is 9.80. The Labute approximate surface area is 173 Å². The summed E-state index contributed by atoms with van der Waals surface area (Å²) >= 11 is 6.25. The molecule has 1 atom stereocenters. The van der Waals surface area contributed by atoms with Crippen LogP contribution < -0.4 is 4.90 Å². The van der Waals surface area contributed by atoms with E-state index in [1.807, 2.05) is 32.6 Å². The van der Waals surface area contributed by atoms with Crippen molar-refractivity contribution in [2.75, 3.05) is 24.5 Å². The summed E-state index contributed by atoms with van der Waals surface area (Å²) < 4.78 is 11.6. The smallest absolute Gasteiger partial charge is 0.410 e. The molecule has 10 heteroatoms. The molecule has 29 heavy (non-hydrogen) atoms. The Kier molecular flexibility index (Phi) is 4.85. The Balaban J connectivity index is 1.58. The lowest BCUT2D eigenvalue weighted by Crippen LogP contribution is -2.54. The van der Waals surface area contributed by atoms with Gasteiger partial charge in [-0.3, -0.25) is 0 Å². The fourth-order valence-corrected chi connectivity index (χ4v) is 3.52. The zero-order valence-electron chi connectivity index (χ0n) is 16.8. The average molecular weight is 419 g/mol. The van der Waals surface area contributed by atoms with Crippen LogP contribution >= 0.6 is 11.6 Å². The number of aromatic nitrogens is 4. The predicted octanol–water partition coefficient (Wildman–Crippen LogP) is 3.51. The Morgan fingerprint density at radius 2 is 1.97 bits per heavy atom. The molecule has 0 radical (unpaired) electrons. The van der Waals surface area contributed by atoms with Crippen molar-refractivity contribution in [3.63, 3.8) is 0 Å². The molecule has 1 saturated heterocycles. The van der Waals surface area contributed by atoms with Gasteiger partial charge in [0.25, 0.3) is 6.01 Å². The van der Waals surface area contributed by atoms with Crippen LogP contribution in [0.3, 0.4) is 0 Å². The van der Waals surface area contributed by atoms with Gasteiger partial charge in [0.2, 0.25) is 0 Å². The molecule has 1 fully saturated rings. The molecule has 1 aliphatic heterocycles. The number of piperazine rings is 1. The zero-order valence-corrected chi connectivity index (χ0v) is 17.5. The number of ether oxygens (including phenoxy) is 1. The molecule has 0 N–H and O–H groups in total. The maximum Gasteiger partial charge on any atom is 0.410 e. The van der Waals surface area contributed by atoms with E-state index in [2.05, 4.69) is 15.2 Å². The minimum absolute atomic E-state index is 0.00563. The molecule has 1 unspecified atom stereocenters. The molecular formula is C19H23ClN6O3. The molecule has 1 aromatic carbocycles. The Bertz CT molecular complexity index is 1030. The van der Waals surface area contributed by atoms with E-state index >= 15 is 0 Å². The van der Waals surface area contributed by atoms with Gasteiger partial charge in [0.15, 0.2) is 5.58 Å². The van der Waals surface area contributed by atoms with Crippen LogP contribution in [-0.4, -0.2) is 62.2 Å². The van der Waals surface area contributed by atoms with E-state index in [4.69, 9.17) is 20.8 Å². The van der Waals surface area contributed by atoms with Crippen LogP contribution in [0.15, 0.2) is 28.9 Å². The molecule has 3 aromatic rings. The Morgan fingerprint density at radius 3 is 2.62 bits per heavy atom. The van der Waals surface area contributed by atoms with Crippen molar-refractivity contribution >= 4 is 34.8 Å². The number of halogens is 1. The number of hydrogen-bond acceptors (Lipinski definition) is 7. The van der Waals surface area contributed by atoms with Gasteiger partial charge in [-0.15, -0.1) is 4.80 Å². The number of amides is 1. The van der Waals surface area contributed by atoms with Gasteiger partial charge in [0.1, 0.15) is 16.8 Å². The summed E-state index contributed by atoms with van der Waals surface area (Å²) in [5.41, 5.74) is 1.29. The van der Waals surface area contributed by atoms with E-state index in [1.165, 1.54) is 4.80 Å². The Morgan fingerprint density at radius 1 is 1.24 bits per heavy atom. The highest BCUT2D eigenvalue weighted by Crippen LogP contribution is 2.31. The number of carbonyl (C=O) groups is 1. The van der Waals surface area contributed by atoms with Crippen molar-refractivity contribution in [2.24, 2.45) is 0 Å². The molecule has 0 saturated carbocycles. The molecule has 0 bridgehead atoms. The monoisotopic (exact) mass is 418 g/mol. The fraction of sp³-hybridized carbons (Fsp3) is 0.474. The zero-order chi connectivity index (χ0) is 20.8. The van der Waals surface area contributed by atoms with Crippen molar-refractivity contribution in [2.45, 2.75) is 39.3 Å². The molecule has 0 aliphatic carbocycles. The van der Waals surface area contributed by atoms with Crippen molar-refractivity contribution in [1.29, 1.82) is 0 Å². The number of carbonyl (C=O) groups excluding carboxylic acids is 1. The molecule has 9 nitrogen and oxygen atoms in total. The van der Waals surface area contributed by atoms with Crippen LogP contribution in [0.25, 0.3) is 16.8 Å². The molecule has 1 aliphatic rings. The molecule has 2 aromatic heterocycles.